The average molecular weight is 729 g/mol. The zero-order valence-electron chi connectivity index (χ0n) is 29.4. The van der Waals surface area contributed by atoms with Crippen molar-refractivity contribution in [2.24, 2.45) is 5.92 Å². The number of aliphatic hydroxyl groups is 1. The van der Waals surface area contributed by atoms with E-state index in [1.807, 2.05) is 74.5 Å². The van der Waals surface area contributed by atoms with Crippen molar-refractivity contribution in [2.45, 2.75) is 53.4 Å². The van der Waals surface area contributed by atoms with Gasteiger partial charge in [-0.1, -0.05) is 71.2 Å². The van der Waals surface area contributed by atoms with Gasteiger partial charge in [-0.05, 0) is 67.1 Å². The molecule has 0 bridgehead atoms. The maximum atomic E-state index is 12.6. The number of ether oxygens (including phenoxy) is 3. The van der Waals surface area contributed by atoms with Gasteiger partial charge >= 0.3 is 5.97 Å². The van der Waals surface area contributed by atoms with Gasteiger partial charge in [-0.25, -0.2) is 4.79 Å². The largest absolute Gasteiger partial charge is 0.486 e. The van der Waals surface area contributed by atoms with Gasteiger partial charge in [0, 0.05) is 46.3 Å². The summed E-state index contributed by atoms with van der Waals surface area (Å²) in [6.45, 7) is 7.80. The van der Waals surface area contributed by atoms with Crippen molar-refractivity contribution in [1.82, 2.24) is 0 Å². The number of hydrogen-bond donors (Lipinski definition) is 1. The third kappa shape index (κ3) is 10.7. The van der Waals surface area contributed by atoms with Crippen LogP contribution >= 0.6 is 22.7 Å². The number of ketones is 1. The number of carbonyl (C=O) groups is 2. The monoisotopic (exact) mass is 728 g/mol. The summed E-state index contributed by atoms with van der Waals surface area (Å²) in [7, 11) is 0. The minimum atomic E-state index is -0.567. The zero-order valence-corrected chi connectivity index (χ0v) is 31.1. The molecule has 10 heteroatoms. The normalized spacial score (nSPS) is 11.3. The predicted molar refractivity (Wildman–Crippen MR) is 210 cm³/mol. The molecule has 0 fully saturated rings. The van der Waals surface area contributed by atoms with Gasteiger partial charge in [-0.15, -0.1) is 22.7 Å². The molecule has 0 radical (unpaired) electrons. The van der Waals surface area contributed by atoms with E-state index in [1.165, 1.54) is 30.6 Å². The molecule has 0 aliphatic heterocycles. The summed E-state index contributed by atoms with van der Waals surface area (Å²) >= 11 is 3.12. The van der Waals surface area contributed by atoms with Gasteiger partial charge in [0.2, 0.25) is 0 Å². The smallest absolute Gasteiger partial charge is 0.344 e. The van der Waals surface area contributed by atoms with Crippen molar-refractivity contribution in [2.75, 3.05) is 26.4 Å². The van der Waals surface area contributed by atoms with Crippen LogP contribution in [0.25, 0.3) is 40.3 Å². The molecule has 0 aliphatic carbocycles. The Hall–Kier alpha value is -4.64. The SMILES string of the molecule is CCC(C)C(=O)COc1ccc2sc3ccccc3c(=O)c2c1.CCCCC.O=C(COc1ccc2sc3ccccc3c(=O)c2c1)OCCO. The molecule has 0 amide bonds. The van der Waals surface area contributed by atoms with Crippen molar-refractivity contribution in [1.29, 1.82) is 0 Å². The molecule has 2 heterocycles. The number of esters is 1. The molecule has 0 saturated heterocycles. The Balaban J connectivity index is 0.000000202. The minimum Gasteiger partial charge on any atom is -0.486 e. The third-order valence-corrected chi connectivity index (χ3v) is 10.4. The molecule has 51 heavy (non-hydrogen) atoms. The first-order valence-electron chi connectivity index (χ1n) is 17.2. The fourth-order valence-corrected chi connectivity index (χ4v) is 7.07. The van der Waals surface area contributed by atoms with Crippen LogP contribution in [0.5, 0.6) is 11.5 Å². The molecule has 8 nitrogen and oxygen atoms in total. The third-order valence-electron chi connectivity index (χ3n) is 8.06. The van der Waals surface area contributed by atoms with E-state index >= 15 is 0 Å². The average Bonchev–Trinajstić information content (AvgIpc) is 3.16. The summed E-state index contributed by atoms with van der Waals surface area (Å²) in [5.41, 5.74) is -0.0456. The molecule has 268 valence electrons. The van der Waals surface area contributed by atoms with E-state index in [-0.39, 0.29) is 49.0 Å². The quantitative estimate of drug-likeness (QED) is 0.0981. The maximum Gasteiger partial charge on any atom is 0.344 e. The first-order chi connectivity index (χ1) is 24.7. The van der Waals surface area contributed by atoms with Crippen LogP contribution in [0, 0.1) is 5.92 Å². The second kappa shape index (κ2) is 19.7. The van der Waals surface area contributed by atoms with Crippen LogP contribution in [0.4, 0.5) is 0 Å². The van der Waals surface area contributed by atoms with Crippen LogP contribution in [0.15, 0.2) is 94.5 Å². The Morgan fingerprint density at radius 3 is 1.59 bits per heavy atom. The summed E-state index contributed by atoms with van der Waals surface area (Å²) in [4.78, 5) is 48.4. The molecule has 6 aromatic rings. The predicted octanol–water partition coefficient (Wildman–Crippen LogP) is 8.93. The van der Waals surface area contributed by atoms with Gasteiger partial charge < -0.3 is 19.3 Å². The van der Waals surface area contributed by atoms with Gasteiger partial charge in [0.1, 0.15) is 24.7 Å². The van der Waals surface area contributed by atoms with E-state index in [0.717, 1.165) is 30.6 Å². The Morgan fingerprint density at radius 2 is 1.14 bits per heavy atom. The fraction of sp³-hybridized carbons (Fsp3) is 0.317. The Labute approximate surface area is 305 Å². The van der Waals surface area contributed by atoms with Gasteiger partial charge in [-0.3, -0.25) is 14.4 Å². The second-order valence-electron chi connectivity index (χ2n) is 11.8. The Morgan fingerprint density at radius 1 is 0.667 bits per heavy atom. The van der Waals surface area contributed by atoms with Crippen molar-refractivity contribution < 1.29 is 28.9 Å². The number of benzene rings is 4. The Bertz CT molecular complexity index is 2200. The molecule has 6 rings (SSSR count). The van der Waals surface area contributed by atoms with Crippen LogP contribution < -0.4 is 20.3 Å². The van der Waals surface area contributed by atoms with Crippen LogP contribution in [-0.4, -0.2) is 43.3 Å². The van der Waals surface area contributed by atoms with E-state index in [9.17, 15) is 19.2 Å². The van der Waals surface area contributed by atoms with Crippen LogP contribution in [0.3, 0.4) is 0 Å². The lowest BCUT2D eigenvalue weighted by atomic mass is 10.0. The van der Waals surface area contributed by atoms with Crippen molar-refractivity contribution in [3.05, 3.63) is 105 Å². The van der Waals surface area contributed by atoms with Crippen molar-refractivity contribution in [3.63, 3.8) is 0 Å². The summed E-state index contributed by atoms with van der Waals surface area (Å²) < 4.78 is 19.3. The Kier molecular flexibility index (Phi) is 15.1. The molecule has 0 saturated carbocycles. The summed E-state index contributed by atoms with van der Waals surface area (Å²) in [6, 6.07) is 25.7. The topological polar surface area (TPSA) is 116 Å². The maximum absolute atomic E-state index is 12.6. The lowest BCUT2D eigenvalue weighted by molar-refractivity contribution is -0.147. The van der Waals surface area contributed by atoms with Gasteiger partial charge in [0.25, 0.3) is 0 Å². The molecule has 0 spiro atoms. The van der Waals surface area contributed by atoms with Gasteiger partial charge in [-0.2, -0.15) is 0 Å². The highest BCUT2D eigenvalue weighted by Gasteiger charge is 2.13. The highest BCUT2D eigenvalue weighted by Crippen LogP contribution is 2.28. The summed E-state index contributed by atoms with van der Waals surface area (Å²) in [6.07, 6.45) is 4.88. The molecule has 4 aromatic carbocycles. The number of rotatable bonds is 12. The number of Topliss-reactive ketones (excluding diaryl/α,β-unsaturated/α-hetero) is 1. The lowest BCUT2D eigenvalue weighted by Gasteiger charge is -2.10. The molecule has 1 unspecified atom stereocenters. The number of unbranched alkanes of at least 4 members (excludes halogenated alkanes) is 2. The zero-order chi connectivity index (χ0) is 36.8. The highest BCUT2D eigenvalue weighted by molar-refractivity contribution is 7.24. The van der Waals surface area contributed by atoms with E-state index in [2.05, 4.69) is 13.8 Å². The number of fused-ring (bicyclic) bond motifs is 4. The first-order valence-corrected chi connectivity index (χ1v) is 18.8. The molecular weight excluding hydrogens is 685 g/mol. The van der Waals surface area contributed by atoms with E-state index in [4.69, 9.17) is 19.3 Å². The minimum absolute atomic E-state index is 0.00306. The van der Waals surface area contributed by atoms with Crippen LogP contribution in [-0.2, 0) is 14.3 Å². The number of carbonyl (C=O) groups excluding carboxylic acids is 2. The van der Waals surface area contributed by atoms with E-state index in [0.29, 0.717) is 27.7 Å². The van der Waals surface area contributed by atoms with Gasteiger partial charge in [0.15, 0.2) is 23.2 Å². The molecular formula is C41H44O8S2. The number of hydrogen-bond acceptors (Lipinski definition) is 10. The summed E-state index contributed by atoms with van der Waals surface area (Å²) in [5, 5.41) is 11.2. The molecule has 1 atom stereocenters. The van der Waals surface area contributed by atoms with E-state index in [1.54, 1.807) is 35.6 Å². The van der Waals surface area contributed by atoms with Crippen molar-refractivity contribution >= 4 is 74.8 Å². The van der Waals surface area contributed by atoms with Crippen LogP contribution in [0.1, 0.15) is 53.4 Å². The summed E-state index contributed by atoms with van der Waals surface area (Å²) in [5.74, 6) is 0.502. The molecule has 0 aliphatic rings. The molecule has 2 aromatic heterocycles. The van der Waals surface area contributed by atoms with Gasteiger partial charge in [0.05, 0.1) is 6.61 Å². The standard InChI is InChI=1S/C19H18O3S.C17H14O5S.C5H12/c1-3-12(2)16(20)11-22-13-8-9-18-15(10-13)19(21)14-6-4-5-7-17(14)23-18;18-7-8-21-16(19)10-22-11-5-6-15-13(9-11)17(20)12-3-1-2-4-14(12)23-15;1-3-5-4-2/h4-10,12H,3,11H2,1-2H3;1-6,9,18H,7-8,10H2;3-5H2,1-2H3. The van der Waals surface area contributed by atoms with Crippen LogP contribution in [0.2, 0.25) is 0 Å². The second-order valence-corrected chi connectivity index (χ2v) is 14.0. The number of aliphatic hydroxyl groups excluding tert-OH is 1. The highest BCUT2D eigenvalue weighted by atomic mass is 32.1. The fourth-order valence-electron chi connectivity index (χ4n) is 4.97. The lowest BCUT2D eigenvalue weighted by Crippen LogP contribution is -2.18. The molecule has 1 N–H and O–H groups in total. The van der Waals surface area contributed by atoms with Crippen molar-refractivity contribution in [3.8, 4) is 11.5 Å². The van der Waals surface area contributed by atoms with E-state index < -0.39 is 5.97 Å². The first kappa shape index (κ1) is 39.2.